The molecule has 1 aliphatic rings. The van der Waals surface area contributed by atoms with Crippen LogP contribution in [-0.2, 0) is 20.0 Å². The number of carbonyl (C=O) groups is 1. The predicted octanol–water partition coefficient (Wildman–Crippen LogP) is 1.06. The second kappa shape index (κ2) is 5.63. The standard InChI is InChI=1S/C16H18N6O2/c1-20-12-4-3-7-21(10-11(12)8-18-20)16(23)13-9-17-14-5-6-15(24-2)19-22(13)14/h5-6,8-9H,3-4,7,10H2,1-2H3. The number of hydrogen-bond acceptors (Lipinski definition) is 5. The average molecular weight is 326 g/mol. The van der Waals surface area contributed by atoms with Gasteiger partial charge in [-0.25, -0.2) is 9.50 Å². The number of rotatable bonds is 2. The number of carbonyl (C=O) groups excluding carboxylic acids is 1. The summed E-state index contributed by atoms with van der Waals surface area (Å²) in [6.45, 7) is 1.25. The Hall–Kier alpha value is -2.90. The van der Waals surface area contributed by atoms with Gasteiger partial charge in [0.05, 0.1) is 19.5 Å². The van der Waals surface area contributed by atoms with Crippen LogP contribution in [0, 0.1) is 0 Å². The Kier molecular flexibility index (Phi) is 3.44. The molecule has 1 amide bonds. The molecule has 3 aromatic rings. The topological polar surface area (TPSA) is 77.5 Å². The third-order valence-electron chi connectivity index (χ3n) is 4.40. The van der Waals surface area contributed by atoms with Gasteiger partial charge in [-0.3, -0.25) is 9.48 Å². The fourth-order valence-electron chi connectivity index (χ4n) is 3.13. The lowest BCUT2D eigenvalue weighted by molar-refractivity contribution is 0.0737. The van der Waals surface area contributed by atoms with E-state index in [1.165, 1.54) is 10.2 Å². The average Bonchev–Trinajstić information content (AvgIpc) is 3.09. The molecule has 0 fully saturated rings. The van der Waals surface area contributed by atoms with Crippen molar-refractivity contribution in [2.75, 3.05) is 13.7 Å². The summed E-state index contributed by atoms with van der Waals surface area (Å²) in [6, 6.07) is 3.51. The molecule has 0 spiro atoms. The highest BCUT2D eigenvalue weighted by Crippen LogP contribution is 2.20. The number of nitrogens with zero attached hydrogens (tertiary/aromatic N) is 6. The SMILES string of the molecule is COc1ccc2ncc(C(=O)N3CCCc4c(cnn4C)C3)n2n1. The quantitative estimate of drug-likeness (QED) is 0.704. The predicted molar refractivity (Wildman–Crippen MR) is 85.8 cm³/mol. The molecule has 0 unspecified atom stereocenters. The van der Waals surface area contributed by atoms with E-state index in [2.05, 4.69) is 15.2 Å². The van der Waals surface area contributed by atoms with E-state index >= 15 is 0 Å². The van der Waals surface area contributed by atoms with Crippen LogP contribution < -0.4 is 4.74 Å². The van der Waals surface area contributed by atoms with Crippen molar-refractivity contribution < 1.29 is 9.53 Å². The van der Waals surface area contributed by atoms with E-state index < -0.39 is 0 Å². The number of amides is 1. The van der Waals surface area contributed by atoms with Gasteiger partial charge in [-0.2, -0.15) is 5.10 Å². The van der Waals surface area contributed by atoms with Crippen molar-refractivity contribution in [1.29, 1.82) is 0 Å². The van der Waals surface area contributed by atoms with Crippen molar-refractivity contribution in [2.45, 2.75) is 19.4 Å². The molecule has 8 nitrogen and oxygen atoms in total. The highest BCUT2D eigenvalue weighted by Gasteiger charge is 2.25. The van der Waals surface area contributed by atoms with Crippen molar-refractivity contribution in [2.24, 2.45) is 7.05 Å². The molecule has 0 bridgehead atoms. The van der Waals surface area contributed by atoms with Gasteiger partial charge < -0.3 is 9.64 Å². The van der Waals surface area contributed by atoms with E-state index in [1.807, 2.05) is 22.8 Å². The van der Waals surface area contributed by atoms with Crippen molar-refractivity contribution in [1.82, 2.24) is 29.3 Å². The zero-order valence-corrected chi connectivity index (χ0v) is 13.6. The lowest BCUT2D eigenvalue weighted by atomic mass is 10.2. The van der Waals surface area contributed by atoms with Crippen molar-refractivity contribution in [3.05, 3.63) is 41.5 Å². The molecule has 0 aromatic carbocycles. The summed E-state index contributed by atoms with van der Waals surface area (Å²) in [5.74, 6) is 0.361. The second-order valence-electron chi connectivity index (χ2n) is 5.86. The minimum Gasteiger partial charge on any atom is -0.480 e. The van der Waals surface area contributed by atoms with E-state index in [1.54, 1.807) is 25.4 Å². The van der Waals surface area contributed by atoms with Crippen LogP contribution in [0.2, 0.25) is 0 Å². The molecule has 4 rings (SSSR count). The molecule has 0 aliphatic carbocycles. The maximum absolute atomic E-state index is 13.0. The molecule has 0 radical (unpaired) electrons. The summed E-state index contributed by atoms with van der Waals surface area (Å²) in [5, 5.41) is 8.61. The van der Waals surface area contributed by atoms with E-state index in [-0.39, 0.29) is 5.91 Å². The molecule has 0 saturated carbocycles. The van der Waals surface area contributed by atoms with Crippen LogP contribution in [0.3, 0.4) is 0 Å². The Balaban J connectivity index is 1.68. The van der Waals surface area contributed by atoms with Gasteiger partial charge in [0.1, 0.15) is 0 Å². The van der Waals surface area contributed by atoms with Gasteiger partial charge in [0.2, 0.25) is 5.88 Å². The highest BCUT2D eigenvalue weighted by atomic mass is 16.5. The summed E-state index contributed by atoms with van der Waals surface area (Å²) in [5.41, 5.74) is 3.36. The van der Waals surface area contributed by atoms with Crippen LogP contribution in [0.4, 0.5) is 0 Å². The molecule has 3 aromatic heterocycles. The van der Waals surface area contributed by atoms with E-state index in [9.17, 15) is 4.79 Å². The third-order valence-corrected chi connectivity index (χ3v) is 4.40. The first-order valence-electron chi connectivity index (χ1n) is 7.85. The second-order valence-corrected chi connectivity index (χ2v) is 5.86. The summed E-state index contributed by atoms with van der Waals surface area (Å²) in [4.78, 5) is 19.1. The number of fused-ring (bicyclic) bond motifs is 2. The minimum atomic E-state index is -0.0834. The molecule has 8 heteroatoms. The molecule has 24 heavy (non-hydrogen) atoms. The molecule has 1 aliphatic heterocycles. The van der Waals surface area contributed by atoms with Gasteiger partial charge in [0, 0.05) is 37.5 Å². The minimum absolute atomic E-state index is 0.0834. The van der Waals surface area contributed by atoms with Crippen LogP contribution in [-0.4, -0.2) is 48.8 Å². The number of imidazole rings is 1. The number of hydrogen-bond donors (Lipinski definition) is 0. The summed E-state index contributed by atoms with van der Waals surface area (Å²) < 4.78 is 8.58. The summed E-state index contributed by atoms with van der Waals surface area (Å²) >= 11 is 0. The van der Waals surface area contributed by atoms with Gasteiger partial charge >= 0.3 is 0 Å². The van der Waals surface area contributed by atoms with Crippen LogP contribution in [0.15, 0.2) is 24.5 Å². The lowest BCUT2D eigenvalue weighted by Gasteiger charge is -2.19. The van der Waals surface area contributed by atoms with Gasteiger partial charge in [0.25, 0.3) is 5.91 Å². The number of ether oxygens (including phenoxy) is 1. The van der Waals surface area contributed by atoms with E-state index in [0.717, 1.165) is 18.4 Å². The number of aryl methyl sites for hydroxylation is 1. The number of methoxy groups -OCH3 is 1. The van der Waals surface area contributed by atoms with Crippen LogP contribution in [0.1, 0.15) is 28.2 Å². The van der Waals surface area contributed by atoms with Gasteiger partial charge in [-0.05, 0) is 18.9 Å². The molecule has 4 heterocycles. The van der Waals surface area contributed by atoms with Gasteiger partial charge in [0.15, 0.2) is 11.3 Å². The first-order valence-corrected chi connectivity index (χ1v) is 7.85. The highest BCUT2D eigenvalue weighted by molar-refractivity contribution is 5.93. The molecule has 124 valence electrons. The first kappa shape index (κ1) is 14.7. The molecular weight excluding hydrogens is 308 g/mol. The summed E-state index contributed by atoms with van der Waals surface area (Å²) in [6.07, 6.45) is 5.25. The van der Waals surface area contributed by atoms with E-state index in [4.69, 9.17) is 4.74 Å². The normalized spacial score (nSPS) is 14.5. The molecule has 0 N–H and O–H groups in total. The van der Waals surface area contributed by atoms with Crippen molar-refractivity contribution in [3.8, 4) is 5.88 Å². The Labute approximate surface area is 138 Å². The first-order chi connectivity index (χ1) is 11.7. The monoisotopic (exact) mass is 326 g/mol. The maximum Gasteiger partial charge on any atom is 0.274 e. The van der Waals surface area contributed by atoms with Crippen molar-refractivity contribution >= 4 is 11.6 Å². The van der Waals surface area contributed by atoms with Crippen LogP contribution in [0.25, 0.3) is 5.65 Å². The Morgan fingerprint density at radius 3 is 3.00 bits per heavy atom. The van der Waals surface area contributed by atoms with Crippen LogP contribution >= 0.6 is 0 Å². The fraction of sp³-hybridized carbons (Fsp3) is 0.375. The van der Waals surface area contributed by atoms with E-state index in [0.29, 0.717) is 30.3 Å². The zero-order chi connectivity index (χ0) is 16.7. The Morgan fingerprint density at radius 2 is 2.17 bits per heavy atom. The molecular formula is C16H18N6O2. The largest absolute Gasteiger partial charge is 0.480 e. The molecule has 0 saturated heterocycles. The maximum atomic E-state index is 13.0. The lowest BCUT2D eigenvalue weighted by Crippen LogP contribution is -2.31. The zero-order valence-electron chi connectivity index (χ0n) is 13.6. The molecule has 0 atom stereocenters. The van der Waals surface area contributed by atoms with Crippen LogP contribution in [0.5, 0.6) is 5.88 Å². The smallest absolute Gasteiger partial charge is 0.274 e. The van der Waals surface area contributed by atoms with Gasteiger partial charge in [-0.15, -0.1) is 5.10 Å². The number of aromatic nitrogens is 5. The third kappa shape index (κ3) is 2.31. The van der Waals surface area contributed by atoms with Gasteiger partial charge in [-0.1, -0.05) is 0 Å². The fourth-order valence-corrected chi connectivity index (χ4v) is 3.13. The summed E-state index contributed by atoms with van der Waals surface area (Å²) in [7, 11) is 3.49. The Morgan fingerprint density at radius 1 is 1.29 bits per heavy atom. The Bertz CT molecular complexity index is 913. The van der Waals surface area contributed by atoms with Crippen molar-refractivity contribution in [3.63, 3.8) is 0 Å².